The molecule has 0 spiro atoms. The first-order valence-electron chi connectivity index (χ1n) is 15.2. The fraction of sp³-hybridized carbons (Fsp3) is 0.633. The molecule has 4 N–H and O–H groups in total. The van der Waals surface area contributed by atoms with Crippen LogP contribution in [0.2, 0.25) is 0 Å². The number of nitriles is 1. The Bertz CT molecular complexity index is 1410. The molecular weight excluding hydrogens is 611 g/mol. The molecule has 0 amide bonds. The number of sulfonamides is 1. The van der Waals surface area contributed by atoms with Gasteiger partial charge in [0.05, 0.1) is 30.4 Å². The highest BCUT2D eigenvalue weighted by molar-refractivity contribution is 7.90. The summed E-state index contributed by atoms with van der Waals surface area (Å²) in [6.07, 6.45) is 6.96. The number of rotatable bonds is 14. The van der Waals surface area contributed by atoms with Gasteiger partial charge in [-0.15, -0.1) is 0 Å². The lowest BCUT2D eigenvalue weighted by atomic mass is 9.82. The maximum Gasteiger partial charge on any atom is 0.511 e. The van der Waals surface area contributed by atoms with Crippen molar-refractivity contribution in [1.29, 1.82) is 5.26 Å². The van der Waals surface area contributed by atoms with Crippen LogP contribution in [0.5, 0.6) is 0 Å². The molecule has 1 aliphatic carbocycles. The Hall–Kier alpha value is -3.03. The maximum absolute atomic E-state index is 12.4. The van der Waals surface area contributed by atoms with Crippen molar-refractivity contribution >= 4 is 21.7 Å². The van der Waals surface area contributed by atoms with E-state index >= 15 is 0 Å². The minimum atomic E-state index is -5.35. The van der Waals surface area contributed by atoms with Gasteiger partial charge in [-0.25, -0.2) is 23.1 Å². The molecule has 2 fully saturated rings. The van der Waals surface area contributed by atoms with Crippen LogP contribution in [-0.2, 0) is 19.5 Å². The summed E-state index contributed by atoms with van der Waals surface area (Å²) >= 11 is 0. The number of halogens is 3. The van der Waals surface area contributed by atoms with Gasteiger partial charge < -0.3 is 25.4 Å². The van der Waals surface area contributed by atoms with Gasteiger partial charge in [0.25, 0.3) is 0 Å². The standard InChI is InChI=1S/C30H42F3N7O4S/c1-21-17-35-28(16-25(21)26-4-3-5-27(40-26)36-20-29(19-34)10-13-43-14-11-29)39-24-8-6-23(7-9-24)38-22(2)18-44-15-12-37-45(41,42)30(31,32)33/h3-5,16-17,22-24,37-38H,6-15,18,20H2,1-2H3,(H,35,39)(H,36,40)/t22-,23?,24?/m1/s1. The van der Waals surface area contributed by atoms with Gasteiger partial charge >= 0.3 is 15.5 Å². The first-order valence-corrected chi connectivity index (χ1v) is 16.7. The predicted molar refractivity (Wildman–Crippen MR) is 165 cm³/mol. The number of ether oxygens (including phenoxy) is 2. The maximum atomic E-state index is 12.4. The second kappa shape index (κ2) is 15.5. The summed E-state index contributed by atoms with van der Waals surface area (Å²) in [6, 6.07) is 10.8. The van der Waals surface area contributed by atoms with Crippen LogP contribution in [0.15, 0.2) is 30.5 Å². The van der Waals surface area contributed by atoms with Crippen molar-refractivity contribution < 1.29 is 31.1 Å². The fourth-order valence-corrected chi connectivity index (χ4v) is 6.08. The Morgan fingerprint density at radius 2 is 1.87 bits per heavy atom. The van der Waals surface area contributed by atoms with Crippen molar-refractivity contribution in [3.8, 4) is 17.3 Å². The normalized spacial score (nSPS) is 21.1. The molecule has 2 aliphatic rings. The molecule has 2 aromatic heterocycles. The molecule has 45 heavy (non-hydrogen) atoms. The Morgan fingerprint density at radius 3 is 2.56 bits per heavy atom. The van der Waals surface area contributed by atoms with Gasteiger partial charge in [-0.05, 0) is 76.1 Å². The van der Waals surface area contributed by atoms with Gasteiger partial charge in [0.1, 0.15) is 11.6 Å². The zero-order valence-electron chi connectivity index (χ0n) is 25.6. The molecular formula is C30H42F3N7O4S. The van der Waals surface area contributed by atoms with Crippen molar-refractivity contribution in [2.75, 3.05) is 50.2 Å². The Balaban J connectivity index is 1.22. The molecule has 15 heteroatoms. The van der Waals surface area contributed by atoms with E-state index in [1.54, 1.807) is 0 Å². The smallest absolute Gasteiger partial charge is 0.381 e. The minimum absolute atomic E-state index is 0.0417. The van der Waals surface area contributed by atoms with Gasteiger partial charge in [-0.3, -0.25) is 0 Å². The molecule has 2 aromatic rings. The molecule has 4 rings (SSSR count). The average Bonchev–Trinajstić information content (AvgIpc) is 3.02. The highest BCUT2D eigenvalue weighted by atomic mass is 32.2. The van der Waals surface area contributed by atoms with Crippen molar-refractivity contribution in [3.63, 3.8) is 0 Å². The zero-order valence-corrected chi connectivity index (χ0v) is 26.4. The molecule has 1 saturated heterocycles. The molecule has 248 valence electrons. The highest BCUT2D eigenvalue weighted by Gasteiger charge is 2.45. The Morgan fingerprint density at radius 1 is 1.16 bits per heavy atom. The number of aryl methyl sites for hydroxylation is 1. The zero-order chi connectivity index (χ0) is 32.5. The summed E-state index contributed by atoms with van der Waals surface area (Å²) < 4.78 is 71.4. The van der Waals surface area contributed by atoms with Crippen molar-refractivity contribution in [1.82, 2.24) is 20.0 Å². The first-order chi connectivity index (χ1) is 21.4. The van der Waals surface area contributed by atoms with E-state index in [4.69, 9.17) is 14.5 Å². The SMILES string of the molecule is Cc1cnc(NC2CCC(N[C@H](C)COCCNS(=O)(=O)C(F)(F)F)CC2)cc1-c1cccc(NCC2(C#N)CCOCC2)n1. The molecule has 0 bridgehead atoms. The van der Waals surface area contributed by atoms with E-state index in [9.17, 15) is 26.9 Å². The van der Waals surface area contributed by atoms with E-state index in [0.717, 1.165) is 54.1 Å². The van der Waals surface area contributed by atoms with E-state index in [0.29, 0.717) is 32.6 Å². The van der Waals surface area contributed by atoms with Crippen LogP contribution in [0, 0.1) is 23.7 Å². The van der Waals surface area contributed by atoms with Gasteiger partial charge in [0.2, 0.25) is 0 Å². The second-order valence-corrected chi connectivity index (χ2v) is 13.6. The van der Waals surface area contributed by atoms with E-state index in [-0.39, 0.29) is 31.3 Å². The predicted octanol–water partition coefficient (Wildman–Crippen LogP) is 4.34. The molecule has 3 heterocycles. The number of alkyl halides is 3. The first kappa shape index (κ1) is 34.8. The van der Waals surface area contributed by atoms with Gasteiger partial charge in [-0.1, -0.05) is 6.07 Å². The molecule has 11 nitrogen and oxygen atoms in total. The number of hydrogen-bond donors (Lipinski definition) is 4. The van der Waals surface area contributed by atoms with E-state index in [2.05, 4.69) is 27.0 Å². The number of nitrogens with zero attached hydrogens (tertiary/aromatic N) is 3. The summed E-state index contributed by atoms with van der Waals surface area (Å²) in [4.78, 5) is 9.43. The third-order valence-corrected chi connectivity index (χ3v) is 9.43. The second-order valence-electron chi connectivity index (χ2n) is 11.8. The lowest BCUT2D eigenvalue weighted by Crippen LogP contribution is -2.43. The van der Waals surface area contributed by atoms with Crippen LogP contribution < -0.4 is 20.7 Å². The summed E-state index contributed by atoms with van der Waals surface area (Å²) in [5, 5.41) is 20.2. The van der Waals surface area contributed by atoms with Crippen LogP contribution in [-0.4, -0.2) is 81.5 Å². The average molecular weight is 654 g/mol. The number of nitrogens with one attached hydrogen (secondary N) is 4. The minimum Gasteiger partial charge on any atom is -0.381 e. The van der Waals surface area contributed by atoms with Gasteiger partial charge in [0, 0.05) is 56.2 Å². The molecule has 1 aliphatic heterocycles. The number of anilines is 2. The lowest BCUT2D eigenvalue weighted by molar-refractivity contribution is -0.0449. The van der Waals surface area contributed by atoms with Crippen molar-refractivity contribution in [2.45, 2.75) is 76.0 Å². The summed E-state index contributed by atoms with van der Waals surface area (Å²) in [5.74, 6) is 1.50. The third kappa shape index (κ3) is 9.98. The van der Waals surface area contributed by atoms with Gasteiger partial charge in [0.15, 0.2) is 0 Å². The van der Waals surface area contributed by atoms with Crippen LogP contribution in [0.3, 0.4) is 0 Å². The van der Waals surface area contributed by atoms with E-state index in [1.165, 1.54) is 4.72 Å². The van der Waals surface area contributed by atoms with E-state index < -0.39 is 27.5 Å². The van der Waals surface area contributed by atoms with Crippen LogP contribution in [0.25, 0.3) is 11.3 Å². The molecule has 1 saturated carbocycles. The van der Waals surface area contributed by atoms with Crippen LogP contribution in [0.4, 0.5) is 24.8 Å². The molecule has 0 aromatic carbocycles. The molecule has 1 atom stereocenters. The third-order valence-electron chi connectivity index (χ3n) is 8.23. The summed E-state index contributed by atoms with van der Waals surface area (Å²) in [6.45, 7) is 5.28. The van der Waals surface area contributed by atoms with Crippen molar-refractivity contribution in [3.05, 3.63) is 36.0 Å². The number of pyridine rings is 2. The van der Waals surface area contributed by atoms with Gasteiger partial charge in [-0.2, -0.15) is 18.4 Å². The quantitative estimate of drug-likeness (QED) is 0.217. The lowest BCUT2D eigenvalue weighted by Gasteiger charge is -2.32. The Kier molecular flexibility index (Phi) is 12.0. The monoisotopic (exact) mass is 653 g/mol. The van der Waals surface area contributed by atoms with E-state index in [1.807, 2.05) is 44.3 Å². The fourth-order valence-electron chi connectivity index (χ4n) is 5.57. The summed E-state index contributed by atoms with van der Waals surface area (Å²) in [7, 11) is -5.35. The van der Waals surface area contributed by atoms with Crippen LogP contribution in [0.1, 0.15) is 51.0 Å². The molecule has 0 radical (unpaired) electrons. The summed E-state index contributed by atoms with van der Waals surface area (Å²) in [5.41, 5.74) is -2.98. The number of hydrogen-bond acceptors (Lipinski definition) is 10. The topological polar surface area (TPSA) is 150 Å². The number of aromatic nitrogens is 2. The van der Waals surface area contributed by atoms with Crippen LogP contribution >= 0.6 is 0 Å². The van der Waals surface area contributed by atoms with Crippen molar-refractivity contribution in [2.24, 2.45) is 5.41 Å². The Labute approximate surface area is 262 Å². The largest absolute Gasteiger partial charge is 0.511 e. The highest BCUT2D eigenvalue weighted by Crippen LogP contribution is 2.31. The molecule has 0 unspecified atom stereocenters.